The summed E-state index contributed by atoms with van der Waals surface area (Å²) in [6, 6.07) is 9.66. The summed E-state index contributed by atoms with van der Waals surface area (Å²) in [4.78, 5) is 21.3. The first-order chi connectivity index (χ1) is 11.6. The van der Waals surface area contributed by atoms with Crippen LogP contribution in [-0.2, 0) is 4.79 Å². The van der Waals surface area contributed by atoms with Gasteiger partial charge in [0, 0.05) is 17.3 Å². The number of nitrogens with zero attached hydrogens (tertiary/aromatic N) is 3. The molecule has 0 aliphatic rings. The molecule has 1 aromatic carbocycles. The van der Waals surface area contributed by atoms with Crippen LogP contribution in [0.4, 0.5) is 10.1 Å². The van der Waals surface area contributed by atoms with Crippen LogP contribution in [0.25, 0.3) is 5.82 Å². The van der Waals surface area contributed by atoms with Crippen molar-refractivity contribution in [2.45, 2.75) is 11.8 Å². The van der Waals surface area contributed by atoms with Gasteiger partial charge >= 0.3 is 0 Å². The molecule has 1 N–H and O–H groups in total. The number of carbonyl (C=O) groups is 1. The lowest BCUT2D eigenvalue weighted by Crippen LogP contribution is -2.14. The molecule has 0 aliphatic heterocycles. The molecule has 2 heterocycles. The van der Waals surface area contributed by atoms with Crippen molar-refractivity contribution >= 4 is 23.4 Å². The third kappa shape index (κ3) is 3.99. The highest BCUT2D eigenvalue weighted by molar-refractivity contribution is 8.00. The number of halogens is 1. The molecule has 0 unspecified atom stereocenters. The zero-order valence-electron chi connectivity index (χ0n) is 12.9. The van der Waals surface area contributed by atoms with E-state index in [-0.39, 0.29) is 17.5 Å². The lowest BCUT2D eigenvalue weighted by Gasteiger charge is -2.07. The molecule has 3 rings (SSSR count). The van der Waals surface area contributed by atoms with Crippen molar-refractivity contribution in [1.82, 2.24) is 14.5 Å². The van der Waals surface area contributed by atoms with Gasteiger partial charge in [0.15, 0.2) is 0 Å². The minimum atomic E-state index is -0.289. The quantitative estimate of drug-likeness (QED) is 0.722. The largest absolute Gasteiger partial charge is 0.324 e. The summed E-state index contributed by atoms with van der Waals surface area (Å²) in [5, 5.41) is 2.79. The van der Waals surface area contributed by atoms with Gasteiger partial charge < -0.3 is 5.32 Å². The molecule has 2 aromatic heterocycles. The van der Waals surface area contributed by atoms with Gasteiger partial charge in [-0.25, -0.2) is 14.4 Å². The fourth-order valence-electron chi connectivity index (χ4n) is 2.10. The summed E-state index contributed by atoms with van der Waals surface area (Å²) >= 11 is 1.35. The number of pyridine rings is 1. The van der Waals surface area contributed by atoms with Gasteiger partial charge in [-0.15, -0.1) is 11.8 Å². The molecule has 3 aromatic rings. The number of carbonyl (C=O) groups excluding carboxylic acids is 1. The van der Waals surface area contributed by atoms with Gasteiger partial charge in [-0.05, 0) is 43.3 Å². The lowest BCUT2D eigenvalue weighted by molar-refractivity contribution is -0.113. The van der Waals surface area contributed by atoms with Crippen molar-refractivity contribution in [2.24, 2.45) is 0 Å². The topological polar surface area (TPSA) is 59.8 Å². The Kier molecular flexibility index (Phi) is 4.90. The minimum Gasteiger partial charge on any atom is -0.324 e. The van der Waals surface area contributed by atoms with Gasteiger partial charge in [-0.2, -0.15) is 0 Å². The number of thioether (sulfide) groups is 1. The Balaban J connectivity index is 1.56. The van der Waals surface area contributed by atoms with Crippen molar-refractivity contribution in [2.75, 3.05) is 11.1 Å². The number of rotatable bonds is 5. The second kappa shape index (κ2) is 7.27. The van der Waals surface area contributed by atoms with Crippen LogP contribution in [0.5, 0.6) is 0 Å². The van der Waals surface area contributed by atoms with Crippen LogP contribution in [0, 0.1) is 12.7 Å². The number of aromatic nitrogens is 3. The number of imidazole rings is 1. The monoisotopic (exact) mass is 342 g/mol. The zero-order chi connectivity index (χ0) is 16.9. The van der Waals surface area contributed by atoms with Gasteiger partial charge in [0.2, 0.25) is 5.91 Å². The van der Waals surface area contributed by atoms with Crippen LogP contribution in [0.3, 0.4) is 0 Å². The highest BCUT2D eigenvalue weighted by Gasteiger charge is 2.06. The van der Waals surface area contributed by atoms with Crippen LogP contribution >= 0.6 is 11.8 Å². The molecule has 0 saturated heterocycles. The average Bonchev–Trinajstić information content (AvgIpc) is 3.01. The Morgan fingerprint density at radius 2 is 2.00 bits per heavy atom. The molecule has 0 atom stereocenters. The number of anilines is 1. The molecule has 0 radical (unpaired) electrons. The first-order valence-electron chi connectivity index (χ1n) is 7.26. The number of amides is 1. The van der Waals surface area contributed by atoms with Gasteiger partial charge in [0.25, 0.3) is 0 Å². The van der Waals surface area contributed by atoms with Crippen LogP contribution in [0.2, 0.25) is 0 Å². The fraction of sp³-hybridized carbons (Fsp3) is 0.118. The first-order valence-corrected chi connectivity index (χ1v) is 8.25. The van der Waals surface area contributed by atoms with Gasteiger partial charge in [-0.3, -0.25) is 9.36 Å². The Labute approximate surface area is 142 Å². The molecule has 122 valence electrons. The maximum Gasteiger partial charge on any atom is 0.234 e. The molecule has 5 nitrogen and oxygen atoms in total. The van der Waals surface area contributed by atoms with Gasteiger partial charge in [-0.1, -0.05) is 0 Å². The van der Waals surface area contributed by atoms with E-state index in [9.17, 15) is 9.18 Å². The smallest absolute Gasteiger partial charge is 0.234 e. The highest BCUT2D eigenvalue weighted by Crippen LogP contribution is 2.18. The standard InChI is InChI=1S/C17H15FN4OS/c1-12-19-8-9-22(12)16-7-4-14(10-20-16)21-17(23)11-24-15-5-2-13(18)3-6-15/h2-10H,11H2,1H3,(H,21,23). The molecular formula is C17H15FN4OS. The average molecular weight is 342 g/mol. The molecular weight excluding hydrogens is 327 g/mol. The number of aryl methyl sites for hydroxylation is 1. The predicted octanol–water partition coefficient (Wildman–Crippen LogP) is 3.45. The Morgan fingerprint density at radius 3 is 2.62 bits per heavy atom. The molecule has 1 amide bonds. The van der Waals surface area contributed by atoms with Crippen LogP contribution in [0.1, 0.15) is 5.82 Å². The van der Waals surface area contributed by atoms with Crippen molar-refractivity contribution in [3.8, 4) is 5.82 Å². The van der Waals surface area contributed by atoms with E-state index in [0.29, 0.717) is 5.69 Å². The maximum atomic E-state index is 12.8. The summed E-state index contributed by atoms with van der Waals surface area (Å²) in [6.07, 6.45) is 5.14. The summed E-state index contributed by atoms with van der Waals surface area (Å²) in [6.45, 7) is 1.89. The van der Waals surface area contributed by atoms with Crippen molar-refractivity contribution in [1.29, 1.82) is 0 Å². The molecule has 24 heavy (non-hydrogen) atoms. The normalized spacial score (nSPS) is 10.6. The Bertz CT molecular complexity index is 831. The molecule has 7 heteroatoms. The fourth-order valence-corrected chi connectivity index (χ4v) is 2.80. The molecule has 0 fully saturated rings. The van der Waals surface area contributed by atoms with Gasteiger partial charge in [0.1, 0.15) is 17.5 Å². The number of nitrogens with one attached hydrogen (secondary N) is 1. The van der Waals surface area contributed by atoms with Gasteiger partial charge in [0.05, 0.1) is 17.6 Å². The van der Waals surface area contributed by atoms with Crippen molar-refractivity contribution < 1.29 is 9.18 Å². The maximum absolute atomic E-state index is 12.8. The Hall–Kier alpha value is -2.67. The number of hydrogen-bond acceptors (Lipinski definition) is 4. The molecule has 0 bridgehead atoms. The van der Waals surface area contributed by atoms with Crippen LogP contribution < -0.4 is 5.32 Å². The van der Waals surface area contributed by atoms with E-state index in [0.717, 1.165) is 16.5 Å². The van der Waals surface area contributed by atoms with Crippen molar-refractivity contribution in [3.05, 3.63) is 66.6 Å². The lowest BCUT2D eigenvalue weighted by atomic mass is 10.4. The Morgan fingerprint density at radius 1 is 1.21 bits per heavy atom. The second-order valence-corrected chi connectivity index (χ2v) is 6.09. The zero-order valence-corrected chi connectivity index (χ0v) is 13.8. The summed E-state index contributed by atoms with van der Waals surface area (Å²) in [5.74, 6) is 1.40. The third-order valence-electron chi connectivity index (χ3n) is 3.29. The summed E-state index contributed by atoms with van der Waals surface area (Å²) in [5.41, 5.74) is 0.626. The first kappa shape index (κ1) is 16.2. The predicted molar refractivity (Wildman–Crippen MR) is 91.8 cm³/mol. The second-order valence-electron chi connectivity index (χ2n) is 5.04. The van der Waals surface area contributed by atoms with E-state index in [1.54, 1.807) is 30.6 Å². The van der Waals surface area contributed by atoms with E-state index in [4.69, 9.17) is 0 Å². The molecule has 0 spiro atoms. The SMILES string of the molecule is Cc1nccn1-c1ccc(NC(=O)CSc2ccc(F)cc2)cn1. The summed E-state index contributed by atoms with van der Waals surface area (Å²) < 4.78 is 14.7. The molecule has 0 saturated carbocycles. The van der Waals surface area contributed by atoms with Crippen LogP contribution in [-0.4, -0.2) is 26.2 Å². The minimum absolute atomic E-state index is 0.141. The molecule has 0 aliphatic carbocycles. The van der Waals surface area contributed by atoms with E-state index in [1.807, 2.05) is 23.8 Å². The number of benzene rings is 1. The summed E-state index contributed by atoms with van der Waals surface area (Å²) in [7, 11) is 0. The number of hydrogen-bond donors (Lipinski definition) is 1. The third-order valence-corrected chi connectivity index (χ3v) is 4.30. The van der Waals surface area contributed by atoms with E-state index >= 15 is 0 Å². The van der Waals surface area contributed by atoms with E-state index in [1.165, 1.54) is 23.9 Å². The van der Waals surface area contributed by atoms with E-state index in [2.05, 4.69) is 15.3 Å². The highest BCUT2D eigenvalue weighted by atomic mass is 32.2. The van der Waals surface area contributed by atoms with E-state index < -0.39 is 0 Å². The van der Waals surface area contributed by atoms with Crippen molar-refractivity contribution in [3.63, 3.8) is 0 Å². The van der Waals surface area contributed by atoms with Crippen LogP contribution in [0.15, 0.2) is 59.9 Å².